The highest BCUT2D eigenvalue weighted by Crippen LogP contribution is 2.29. The van der Waals surface area contributed by atoms with Crippen molar-refractivity contribution in [3.05, 3.63) is 73.0 Å². The molecule has 4 aromatic rings. The molecule has 0 bridgehead atoms. The number of hydrogen-bond donors (Lipinski definition) is 1. The molecule has 2 aromatic heterocycles. The summed E-state index contributed by atoms with van der Waals surface area (Å²) in [6, 6.07) is 11.5. The normalized spacial score (nSPS) is 11.8. The van der Waals surface area contributed by atoms with Crippen molar-refractivity contribution < 1.29 is 10.0 Å². The molecule has 0 unspecified atom stereocenters. The minimum Gasteiger partial charge on any atom is -0.502 e. The standard InChI is InChI=1S/C16H9N3O4S.ClH/c20-14-9(4-3-7-12(14)19(22)23)8-13-15(21)18-11-6-2-1-5-10(11)17-16(18)24-13;/h1-8,20H;1H/b13-8-;. The highest BCUT2D eigenvalue weighted by molar-refractivity contribution is 7.15. The number of phenols is 1. The molecule has 0 fully saturated rings. The molecule has 25 heavy (non-hydrogen) atoms. The summed E-state index contributed by atoms with van der Waals surface area (Å²) < 4.78 is 1.85. The van der Waals surface area contributed by atoms with Crippen LogP contribution in [-0.4, -0.2) is 19.4 Å². The summed E-state index contributed by atoms with van der Waals surface area (Å²) in [5.74, 6) is -0.460. The third kappa shape index (κ3) is 2.61. The lowest BCUT2D eigenvalue weighted by molar-refractivity contribution is -0.385. The monoisotopic (exact) mass is 375 g/mol. The van der Waals surface area contributed by atoms with E-state index in [0.29, 0.717) is 15.0 Å². The summed E-state index contributed by atoms with van der Waals surface area (Å²) in [6.45, 7) is 0. The first-order valence-corrected chi connectivity index (χ1v) is 7.76. The number of imidazole rings is 1. The van der Waals surface area contributed by atoms with E-state index in [1.54, 1.807) is 6.07 Å². The predicted molar refractivity (Wildman–Crippen MR) is 97.6 cm³/mol. The SMILES string of the molecule is Cl.O=c1/c(=C/c2cccc([N+](=O)[O-])c2O)sc2nc3ccccc3n12. The number of nitrogens with zero attached hydrogens (tertiary/aromatic N) is 3. The Bertz CT molecular complexity index is 1230. The predicted octanol–water partition coefficient (Wildman–Crippen LogP) is 2.49. The smallest absolute Gasteiger partial charge is 0.311 e. The maximum absolute atomic E-state index is 12.6. The maximum Gasteiger partial charge on any atom is 0.311 e. The van der Waals surface area contributed by atoms with Gasteiger partial charge in [-0.3, -0.25) is 14.9 Å². The highest BCUT2D eigenvalue weighted by Gasteiger charge is 2.16. The number of halogens is 1. The molecule has 0 aliphatic carbocycles. The lowest BCUT2D eigenvalue weighted by Crippen LogP contribution is -2.22. The molecular weight excluding hydrogens is 366 g/mol. The Kier molecular flexibility index (Phi) is 4.15. The number of phenolic OH excluding ortho intramolecular Hbond substituents is 1. The van der Waals surface area contributed by atoms with Gasteiger partial charge in [-0.2, -0.15) is 0 Å². The van der Waals surface area contributed by atoms with E-state index in [0.717, 1.165) is 5.52 Å². The summed E-state index contributed by atoms with van der Waals surface area (Å²) in [4.78, 5) is 27.8. The average molecular weight is 376 g/mol. The summed E-state index contributed by atoms with van der Waals surface area (Å²) in [6.07, 6.45) is 1.44. The van der Waals surface area contributed by atoms with Gasteiger partial charge in [-0.1, -0.05) is 35.6 Å². The van der Waals surface area contributed by atoms with Gasteiger partial charge in [0.05, 0.1) is 20.5 Å². The molecule has 7 nitrogen and oxygen atoms in total. The van der Waals surface area contributed by atoms with E-state index in [-0.39, 0.29) is 23.5 Å². The molecule has 0 amide bonds. The molecule has 0 atom stereocenters. The number of nitro benzene ring substituents is 1. The van der Waals surface area contributed by atoms with E-state index >= 15 is 0 Å². The van der Waals surface area contributed by atoms with Gasteiger partial charge in [0, 0.05) is 11.6 Å². The summed E-state index contributed by atoms with van der Waals surface area (Å²) >= 11 is 1.17. The van der Waals surface area contributed by atoms with Gasteiger partial charge in [-0.15, -0.1) is 12.4 Å². The number of aromatic nitrogens is 2. The Morgan fingerprint density at radius 1 is 1.20 bits per heavy atom. The molecule has 2 aromatic carbocycles. The van der Waals surface area contributed by atoms with Crippen molar-refractivity contribution in [2.24, 2.45) is 0 Å². The summed E-state index contributed by atoms with van der Waals surface area (Å²) in [7, 11) is 0. The van der Waals surface area contributed by atoms with E-state index in [9.17, 15) is 20.0 Å². The van der Waals surface area contributed by atoms with Gasteiger partial charge in [0.1, 0.15) is 0 Å². The molecule has 4 rings (SSSR count). The highest BCUT2D eigenvalue weighted by atomic mass is 35.5. The van der Waals surface area contributed by atoms with E-state index in [4.69, 9.17) is 0 Å². The number of nitro groups is 1. The zero-order valence-electron chi connectivity index (χ0n) is 12.4. The van der Waals surface area contributed by atoms with E-state index in [1.165, 1.54) is 40.0 Å². The fraction of sp³-hybridized carbons (Fsp3) is 0. The van der Waals surface area contributed by atoms with E-state index < -0.39 is 16.4 Å². The molecule has 126 valence electrons. The number of rotatable bonds is 2. The van der Waals surface area contributed by atoms with Crippen LogP contribution >= 0.6 is 23.7 Å². The first kappa shape index (κ1) is 16.9. The average Bonchev–Trinajstić information content (AvgIpc) is 3.06. The van der Waals surface area contributed by atoms with Crippen LogP contribution in [0.2, 0.25) is 0 Å². The van der Waals surface area contributed by atoms with Crippen molar-refractivity contribution in [1.82, 2.24) is 9.38 Å². The van der Waals surface area contributed by atoms with Crippen LogP contribution in [0.25, 0.3) is 22.1 Å². The van der Waals surface area contributed by atoms with Crippen LogP contribution < -0.4 is 10.1 Å². The second-order valence-corrected chi connectivity index (χ2v) is 6.12. The number of benzene rings is 2. The number of hydrogen-bond acceptors (Lipinski definition) is 6. The molecule has 1 N–H and O–H groups in total. The van der Waals surface area contributed by atoms with Crippen LogP contribution in [0.3, 0.4) is 0 Å². The zero-order valence-corrected chi connectivity index (χ0v) is 14.1. The summed E-state index contributed by atoms with van der Waals surface area (Å²) in [5, 5.41) is 20.9. The van der Waals surface area contributed by atoms with Gasteiger partial charge in [-0.05, 0) is 18.2 Å². The molecule has 9 heteroatoms. The molecule has 0 saturated heterocycles. The number of fused-ring (bicyclic) bond motifs is 3. The second kappa shape index (κ2) is 6.15. The Hall–Kier alpha value is -2.97. The fourth-order valence-electron chi connectivity index (χ4n) is 2.57. The lowest BCUT2D eigenvalue weighted by atomic mass is 10.1. The number of para-hydroxylation sites is 3. The third-order valence-corrected chi connectivity index (χ3v) is 4.64. The van der Waals surface area contributed by atoms with Crippen molar-refractivity contribution in [3.8, 4) is 5.75 Å². The van der Waals surface area contributed by atoms with Gasteiger partial charge in [0.15, 0.2) is 4.96 Å². The molecule has 0 spiro atoms. The molecule has 0 saturated carbocycles. The van der Waals surface area contributed by atoms with Gasteiger partial charge >= 0.3 is 5.69 Å². The Morgan fingerprint density at radius 2 is 1.96 bits per heavy atom. The van der Waals surface area contributed by atoms with Crippen LogP contribution in [0, 0.1) is 10.1 Å². The van der Waals surface area contributed by atoms with Gasteiger partial charge in [0.25, 0.3) is 5.56 Å². The van der Waals surface area contributed by atoms with Crippen molar-refractivity contribution in [1.29, 1.82) is 0 Å². The van der Waals surface area contributed by atoms with E-state index in [2.05, 4.69) is 4.98 Å². The molecule has 0 aliphatic heterocycles. The van der Waals surface area contributed by atoms with Gasteiger partial charge in [0.2, 0.25) is 5.75 Å². The minimum atomic E-state index is -0.667. The lowest BCUT2D eigenvalue weighted by Gasteiger charge is -1.98. The molecule has 2 heterocycles. The molecule has 0 radical (unpaired) electrons. The Labute approximate surface area is 150 Å². The quantitative estimate of drug-likeness (QED) is 0.429. The molecule has 0 aliphatic rings. The Morgan fingerprint density at radius 3 is 2.72 bits per heavy atom. The van der Waals surface area contributed by atoms with Gasteiger partial charge < -0.3 is 5.11 Å². The molecular formula is C16H10ClN3O4S. The van der Waals surface area contributed by atoms with Crippen LogP contribution in [0.4, 0.5) is 5.69 Å². The van der Waals surface area contributed by atoms with Crippen LogP contribution in [-0.2, 0) is 0 Å². The topological polar surface area (TPSA) is 97.7 Å². The third-order valence-electron chi connectivity index (χ3n) is 3.67. The first-order chi connectivity index (χ1) is 11.6. The number of aromatic hydroxyl groups is 1. The van der Waals surface area contributed by atoms with Gasteiger partial charge in [-0.25, -0.2) is 9.38 Å². The van der Waals surface area contributed by atoms with Crippen molar-refractivity contribution in [3.63, 3.8) is 0 Å². The second-order valence-electron chi connectivity index (χ2n) is 5.11. The number of thiazole rings is 1. The van der Waals surface area contributed by atoms with Crippen molar-refractivity contribution in [2.45, 2.75) is 0 Å². The zero-order chi connectivity index (χ0) is 16.8. The Balaban J connectivity index is 0.00000182. The van der Waals surface area contributed by atoms with Crippen LogP contribution in [0.15, 0.2) is 47.3 Å². The van der Waals surface area contributed by atoms with Crippen LogP contribution in [0.1, 0.15) is 5.56 Å². The maximum atomic E-state index is 12.6. The first-order valence-electron chi connectivity index (χ1n) is 6.94. The largest absolute Gasteiger partial charge is 0.502 e. The minimum absolute atomic E-state index is 0. The van der Waals surface area contributed by atoms with Crippen LogP contribution in [0.5, 0.6) is 5.75 Å². The fourth-order valence-corrected chi connectivity index (χ4v) is 3.54. The van der Waals surface area contributed by atoms with Crippen molar-refractivity contribution in [2.75, 3.05) is 0 Å². The van der Waals surface area contributed by atoms with Crippen molar-refractivity contribution >= 4 is 51.5 Å². The summed E-state index contributed by atoms with van der Waals surface area (Å²) in [5.41, 5.74) is 0.981. The van der Waals surface area contributed by atoms with E-state index in [1.807, 2.05) is 18.2 Å².